The van der Waals surface area contributed by atoms with Gasteiger partial charge in [-0.25, -0.2) is 4.57 Å². The Bertz CT molecular complexity index is 721. The number of likely N-dealkylation sites (N-methyl/N-ethyl adjacent to an activating group) is 1. The first-order valence-electron chi connectivity index (χ1n) is 16.1. The van der Waals surface area contributed by atoms with Crippen molar-refractivity contribution >= 4 is 13.8 Å². The fourth-order valence-electron chi connectivity index (χ4n) is 3.93. The van der Waals surface area contributed by atoms with Gasteiger partial charge in [0, 0.05) is 13.0 Å². The highest BCUT2D eigenvalue weighted by molar-refractivity contribution is 7.47. The number of allylic oxidation sites excluding steroid dienone is 4. The predicted molar refractivity (Wildman–Crippen MR) is 169 cm³/mol. The molecule has 8 nitrogen and oxygen atoms in total. The second-order valence-electron chi connectivity index (χ2n) is 11.8. The van der Waals surface area contributed by atoms with Gasteiger partial charge < -0.3 is 18.9 Å². The van der Waals surface area contributed by atoms with Crippen LogP contribution in [0.3, 0.4) is 0 Å². The molecule has 1 N–H and O–H groups in total. The Morgan fingerprint density at radius 3 is 1.98 bits per heavy atom. The third-order valence-corrected chi connectivity index (χ3v) is 7.50. The molecule has 0 heterocycles. The topological polar surface area (TPSA) is 91.3 Å². The number of esters is 1. The van der Waals surface area contributed by atoms with Crippen molar-refractivity contribution in [3.05, 3.63) is 24.3 Å². The molecule has 2 atom stereocenters. The zero-order valence-electron chi connectivity index (χ0n) is 27.0. The lowest BCUT2D eigenvalue weighted by molar-refractivity contribution is -0.870. The van der Waals surface area contributed by atoms with Crippen molar-refractivity contribution in [2.75, 3.05) is 54.1 Å². The van der Waals surface area contributed by atoms with E-state index in [2.05, 4.69) is 38.2 Å². The highest BCUT2D eigenvalue weighted by atomic mass is 31.2. The molecule has 0 aromatic carbocycles. The Labute approximate surface area is 252 Å². The van der Waals surface area contributed by atoms with Crippen molar-refractivity contribution in [3.63, 3.8) is 0 Å². The van der Waals surface area contributed by atoms with E-state index in [4.69, 9.17) is 18.5 Å². The molecule has 0 amide bonds. The van der Waals surface area contributed by atoms with E-state index in [-0.39, 0.29) is 25.8 Å². The summed E-state index contributed by atoms with van der Waals surface area (Å²) in [6.07, 6.45) is 25.6. The molecule has 9 heteroatoms. The lowest BCUT2D eigenvalue weighted by atomic mass is 10.1. The van der Waals surface area contributed by atoms with Crippen LogP contribution in [0.2, 0.25) is 0 Å². The number of unbranched alkanes of at least 4 members (excludes halogenated alkanes) is 11. The van der Waals surface area contributed by atoms with Crippen LogP contribution in [0.1, 0.15) is 117 Å². The van der Waals surface area contributed by atoms with Gasteiger partial charge in [-0.2, -0.15) is 0 Å². The summed E-state index contributed by atoms with van der Waals surface area (Å²) in [4.78, 5) is 22.2. The van der Waals surface area contributed by atoms with E-state index >= 15 is 0 Å². The van der Waals surface area contributed by atoms with E-state index in [1.54, 1.807) is 0 Å². The largest absolute Gasteiger partial charge is 0.472 e. The van der Waals surface area contributed by atoms with Crippen LogP contribution in [0.25, 0.3) is 0 Å². The second kappa shape index (κ2) is 26.6. The quantitative estimate of drug-likeness (QED) is 0.0303. The highest BCUT2D eigenvalue weighted by Crippen LogP contribution is 2.43. The maximum atomic E-state index is 12.3. The molecule has 0 saturated heterocycles. The Hall–Kier alpha value is -1.02. The van der Waals surface area contributed by atoms with Gasteiger partial charge in [0.2, 0.25) is 0 Å². The minimum absolute atomic E-state index is 0.0861. The SMILES string of the molecule is CCCCC/C=C\C/C=C\CCCCCCCCOCC(COP(=O)(O)OCC[N+](C)(C)C)OC(=O)CCCCC. The summed E-state index contributed by atoms with van der Waals surface area (Å²) in [6.45, 7) is 5.38. The van der Waals surface area contributed by atoms with Crippen LogP contribution >= 0.6 is 7.82 Å². The number of hydrogen-bond acceptors (Lipinski definition) is 6. The molecular weight excluding hydrogens is 541 g/mol. The van der Waals surface area contributed by atoms with E-state index in [1.165, 1.54) is 51.4 Å². The highest BCUT2D eigenvalue weighted by Gasteiger charge is 2.26. The van der Waals surface area contributed by atoms with Gasteiger partial charge >= 0.3 is 13.8 Å². The molecule has 0 radical (unpaired) electrons. The van der Waals surface area contributed by atoms with Crippen LogP contribution in [0.15, 0.2) is 24.3 Å². The average molecular weight is 605 g/mol. The summed E-state index contributed by atoms with van der Waals surface area (Å²) in [6, 6.07) is 0. The third kappa shape index (κ3) is 30.2. The second-order valence-corrected chi connectivity index (χ2v) is 13.3. The molecule has 0 spiro atoms. The first-order valence-corrected chi connectivity index (χ1v) is 17.6. The normalized spacial score (nSPS) is 14.6. The van der Waals surface area contributed by atoms with Crippen LogP contribution in [-0.2, 0) is 27.9 Å². The molecule has 0 aliphatic rings. The number of rotatable bonds is 29. The molecule has 0 saturated carbocycles. The zero-order chi connectivity index (χ0) is 30.7. The number of phosphoric acid groups is 1. The van der Waals surface area contributed by atoms with Crippen LogP contribution < -0.4 is 0 Å². The minimum Gasteiger partial charge on any atom is -0.457 e. The van der Waals surface area contributed by atoms with E-state index < -0.39 is 13.9 Å². The summed E-state index contributed by atoms with van der Waals surface area (Å²) >= 11 is 0. The number of carbonyl (C=O) groups is 1. The van der Waals surface area contributed by atoms with Crippen molar-refractivity contribution in [1.82, 2.24) is 0 Å². The monoisotopic (exact) mass is 604 g/mol. The average Bonchev–Trinajstić information content (AvgIpc) is 2.90. The molecule has 41 heavy (non-hydrogen) atoms. The summed E-state index contributed by atoms with van der Waals surface area (Å²) in [5.41, 5.74) is 0. The fraction of sp³-hybridized carbons (Fsp3) is 0.844. The summed E-state index contributed by atoms with van der Waals surface area (Å²) in [7, 11) is 1.65. The van der Waals surface area contributed by atoms with Gasteiger partial charge in [0.15, 0.2) is 0 Å². The van der Waals surface area contributed by atoms with Gasteiger partial charge in [-0.1, -0.05) is 89.5 Å². The minimum atomic E-state index is -4.24. The van der Waals surface area contributed by atoms with Crippen molar-refractivity contribution < 1.29 is 37.3 Å². The van der Waals surface area contributed by atoms with E-state index in [1.807, 2.05) is 21.1 Å². The fourth-order valence-corrected chi connectivity index (χ4v) is 4.67. The molecule has 2 unspecified atom stereocenters. The Morgan fingerprint density at radius 2 is 1.34 bits per heavy atom. The molecule has 0 aromatic heterocycles. The number of quaternary nitrogens is 1. The maximum absolute atomic E-state index is 12.3. The molecular formula is C32H63NO7P+. The van der Waals surface area contributed by atoms with Crippen molar-refractivity contribution in [2.45, 2.75) is 123 Å². The smallest absolute Gasteiger partial charge is 0.457 e. The predicted octanol–water partition coefficient (Wildman–Crippen LogP) is 8.15. The van der Waals surface area contributed by atoms with Crippen molar-refractivity contribution in [3.8, 4) is 0 Å². The maximum Gasteiger partial charge on any atom is 0.472 e. The Kier molecular flexibility index (Phi) is 25.9. The number of hydrogen-bond donors (Lipinski definition) is 1. The van der Waals surface area contributed by atoms with E-state index in [9.17, 15) is 14.3 Å². The van der Waals surface area contributed by atoms with Crippen molar-refractivity contribution in [1.29, 1.82) is 0 Å². The van der Waals surface area contributed by atoms with Crippen molar-refractivity contribution in [2.24, 2.45) is 0 Å². The van der Waals surface area contributed by atoms with Crippen LogP contribution in [0.4, 0.5) is 0 Å². The van der Waals surface area contributed by atoms with Gasteiger partial charge in [-0.05, 0) is 44.9 Å². The third-order valence-electron chi connectivity index (χ3n) is 6.52. The molecule has 0 aliphatic carbocycles. The molecule has 0 aromatic rings. The zero-order valence-corrected chi connectivity index (χ0v) is 27.9. The lowest BCUT2D eigenvalue weighted by Crippen LogP contribution is -2.37. The molecule has 0 bridgehead atoms. The number of phosphoric ester groups is 1. The summed E-state index contributed by atoms with van der Waals surface area (Å²) < 4.78 is 34.3. The van der Waals surface area contributed by atoms with Gasteiger partial charge in [-0.15, -0.1) is 0 Å². The molecule has 242 valence electrons. The van der Waals surface area contributed by atoms with Crippen LogP contribution in [0.5, 0.6) is 0 Å². The Balaban J connectivity index is 4.12. The van der Waals surface area contributed by atoms with Gasteiger partial charge in [0.1, 0.15) is 19.3 Å². The van der Waals surface area contributed by atoms with E-state index in [0.717, 1.165) is 44.9 Å². The summed E-state index contributed by atoms with van der Waals surface area (Å²) in [5, 5.41) is 0. The van der Waals surface area contributed by atoms with Crippen LogP contribution in [0, 0.1) is 0 Å². The van der Waals surface area contributed by atoms with Gasteiger partial charge in [-0.3, -0.25) is 13.8 Å². The standard InChI is InChI=1S/C32H62NO7P/c1-6-8-10-11-12-13-14-15-16-17-18-19-20-21-22-24-27-37-29-31(40-32(34)25-23-9-7-2)30-39-41(35,36)38-28-26-33(3,4)5/h12-13,15-16,31H,6-11,14,17-30H2,1-5H3/p+1/b13-12-,16-15-. The first-order chi connectivity index (χ1) is 19.6. The number of nitrogens with zero attached hydrogens (tertiary/aromatic N) is 1. The Morgan fingerprint density at radius 1 is 0.756 bits per heavy atom. The van der Waals surface area contributed by atoms with Gasteiger partial charge in [0.05, 0.1) is 34.4 Å². The first kappa shape index (κ1) is 40.0. The molecule has 0 fully saturated rings. The van der Waals surface area contributed by atoms with E-state index in [0.29, 0.717) is 24.1 Å². The molecule has 0 rings (SSSR count). The van der Waals surface area contributed by atoms with Gasteiger partial charge in [0.25, 0.3) is 0 Å². The van der Waals surface area contributed by atoms with Crippen LogP contribution in [-0.4, -0.2) is 75.6 Å². The molecule has 0 aliphatic heterocycles. The summed E-state index contributed by atoms with van der Waals surface area (Å²) in [5.74, 6) is -0.344. The lowest BCUT2D eigenvalue weighted by Gasteiger charge is -2.24. The number of ether oxygens (including phenoxy) is 2. The number of carbonyl (C=O) groups excluding carboxylic acids is 1.